The molecular formula is C13H21BrN4S. The van der Waals surface area contributed by atoms with Crippen LogP contribution >= 0.6 is 27.7 Å². The van der Waals surface area contributed by atoms with E-state index in [1.165, 1.54) is 5.75 Å². The second-order valence-electron chi connectivity index (χ2n) is 5.11. The molecule has 0 aromatic carbocycles. The number of thioether (sulfide) groups is 1. The predicted molar refractivity (Wildman–Crippen MR) is 86.1 cm³/mol. The van der Waals surface area contributed by atoms with Crippen LogP contribution in [0.25, 0.3) is 0 Å². The molecule has 1 aromatic heterocycles. The van der Waals surface area contributed by atoms with E-state index in [1.807, 2.05) is 18.8 Å². The fraction of sp³-hybridized carbons (Fsp3) is 0.692. The Morgan fingerprint density at radius 2 is 2.16 bits per heavy atom. The van der Waals surface area contributed by atoms with Gasteiger partial charge in [0.05, 0.1) is 16.2 Å². The summed E-state index contributed by atoms with van der Waals surface area (Å²) in [6.07, 6.45) is 0. The minimum Gasteiger partial charge on any atom is -0.372 e. The third-order valence-corrected chi connectivity index (χ3v) is 5.18. The SMILES string of the molecule is CNc1nc(C2CSCCN2C)nc(C(C)C)c1Br. The molecule has 1 aliphatic rings. The van der Waals surface area contributed by atoms with Crippen LogP contribution in [0.15, 0.2) is 4.47 Å². The molecule has 0 saturated carbocycles. The normalized spacial score (nSPS) is 20.8. The van der Waals surface area contributed by atoms with Crippen LogP contribution in [-0.2, 0) is 0 Å². The van der Waals surface area contributed by atoms with Crippen LogP contribution in [0.5, 0.6) is 0 Å². The van der Waals surface area contributed by atoms with Gasteiger partial charge in [0, 0.05) is 25.1 Å². The monoisotopic (exact) mass is 344 g/mol. The van der Waals surface area contributed by atoms with Gasteiger partial charge >= 0.3 is 0 Å². The first-order valence-corrected chi connectivity index (χ1v) is 8.52. The Bertz CT molecular complexity index is 453. The highest BCUT2D eigenvalue weighted by molar-refractivity contribution is 9.10. The highest BCUT2D eigenvalue weighted by atomic mass is 79.9. The number of nitrogens with one attached hydrogen (secondary N) is 1. The number of nitrogens with zero attached hydrogens (tertiary/aromatic N) is 3. The Morgan fingerprint density at radius 3 is 2.74 bits per heavy atom. The van der Waals surface area contributed by atoms with Gasteiger partial charge in [0.25, 0.3) is 0 Å². The third kappa shape index (κ3) is 3.23. The lowest BCUT2D eigenvalue weighted by atomic mass is 10.1. The highest BCUT2D eigenvalue weighted by Gasteiger charge is 2.26. The third-order valence-electron chi connectivity index (χ3n) is 3.37. The van der Waals surface area contributed by atoms with Gasteiger partial charge in [-0.05, 0) is 28.9 Å². The fourth-order valence-electron chi connectivity index (χ4n) is 2.14. The zero-order valence-corrected chi connectivity index (χ0v) is 14.3. The van der Waals surface area contributed by atoms with E-state index < -0.39 is 0 Å². The van der Waals surface area contributed by atoms with Crippen LogP contribution in [0.1, 0.15) is 37.3 Å². The van der Waals surface area contributed by atoms with Crippen molar-refractivity contribution < 1.29 is 0 Å². The highest BCUT2D eigenvalue weighted by Crippen LogP contribution is 2.32. The van der Waals surface area contributed by atoms with Gasteiger partial charge in [0.15, 0.2) is 0 Å². The molecule has 1 fully saturated rings. The molecule has 0 amide bonds. The van der Waals surface area contributed by atoms with Gasteiger partial charge in [0.1, 0.15) is 11.6 Å². The van der Waals surface area contributed by atoms with Crippen molar-refractivity contribution in [1.82, 2.24) is 14.9 Å². The lowest BCUT2D eigenvalue weighted by Gasteiger charge is -2.31. The van der Waals surface area contributed by atoms with Gasteiger partial charge in [-0.3, -0.25) is 4.90 Å². The zero-order valence-electron chi connectivity index (χ0n) is 11.9. The minimum atomic E-state index is 0.316. The number of rotatable bonds is 3. The summed E-state index contributed by atoms with van der Waals surface area (Å²) in [5.74, 6) is 4.46. The number of anilines is 1. The quantitative estimate of drug-likeness (QED) is 0.912. The molecule has 19 heavy (non-hydrogen) atoms. The molecular weight excluding hydrogens is 324 g/mol. The summed E-state index contributed by atoms with van der Waals surface area (Å²) in [5.41, 5.74) is 1.08. The van der Waals surface area contributed by atoms with E-state index in [0.717, 1.165) is 34.1 Å². The molecule has 1 atom stereocenters. The fourth-order valence-corrected chi connectivity index (χ4v) is 4.18. The summed E-state index contributed by atoms with van der Waals surface area (Å²) >= 11 is 5.59. The minimum absolute atomic E-state index is 0.316. The molecule has 1 saturated heterocycles. The number of aromatic nitrogens is 2. The molecule has 4 nitrogen and oxygen atoms in total. The number of hydrogen-bond acceptors (Lipinski definition) is 5. The summed E-state index contributed by atoms with van der Waals surface area (Å²) in [7, 11) is 4.06. The summed E-state index contributed by atoms with van der Waals surface area (Å²) in [5, 5.41) is 3.16. The lowest BCUT2D eigenvalue weighted by molar-refractivity contribution is 0.264. The first-order chi connectivity index (χ1) is 9.04. The van der Waals surface area contributed by atoms with Crippen molar-refractivity contribution in [2.45, 2.75) is 25.8 Å². The van der Waals surface area contributed by atoms with Crippen molar-refractivity contribution in [2.24, 2.45) is 0 Å². The van der Waals surface area contributed by atoms with Gasteiger partial charge < -0.3 is 5.32 Å². The molecule has 2 heterocycles. The number of halogens is 1. The molecule has 0 bridgehead atoms. The lowest BCUT2D eigenvalue weighted by Crippen LogP contribution is -2.34. The van der Waals surface area contributed by atoms with E-state index in [9.17, 15) is 0 Å². The molecule has 0 radical (unpaired) electrons. The molecule has 0 aliphatic carbocycles. The van der Waals surface area contributed by atoms with Crippen LogP contribution in [0.3, 0.4) is 0 Å². The van der Waals surface area contributed by atoms with E-state index >= 15 is 0 Å². The van der Waals surface area contributed by atoms with Crippen LogP contribution in [0.4, 0.5) is 5.82 Å². The van der Waals surface area contributed by atoms with Crippen molar-refractivity contribution in [3.05, 3.63) is 16.0 Å². The van der Waals surface area contributed by atoms with Crippen molar-refractivity contribution >= 4 is 33.5 Å². The Hall–Kier alpha value is -0.330. The van der Waals surface area contributed by atoms with Crippen molar-refractivity contribution in [1.29, 1.82) is 0 Å². The maximum Gasteiger partial charge on any atom is 0.149 e. The Balaban J connectivity index is 2.42. The predicted octanol–water partition coefficient (Wildman–Crippen LogP) is 3.12. The standard InChI is InChI=1S/C13H21BrN4S/c1-8(2)11-10(14)13(15-3)17-12(16-11)9-7-19-6-5-18(9)4/h8-9H,5-7H2,1-4H3,(H,15,16,17). The van der Waals surface area contributed by atoms with E-state index in [-0.39, 0.29) is 0 Å². The first kappa shape index (κ1) is 15.1. The molecule has 6 heteroatoms. The van der Waals surface area contributed by atoms with E-state index in [2.05, 4.69) is 52.0 Å². The Labute approximate surface area is 127 Å². The maximum absolute atomic E-state index is 4.80. The average Bonchev–Trinajstić information content (AvgIpc) is 2.39. The smallest absolute Gasteiger partial charge is 0.149 e. The van der Waals surface area contributed by atoms with Crippen LogP contribution in [0, 0.1) is 0 Å². The molecule has 106 valence electrons. The largest absolute Gasteiger partial charge is 0.372 e. The molecule has 1 N–H and O–H groups in total. The number of hydrogen-bond donors (Lipinski definition) is 1. The van der Waals surface area contributed by atoms with Crippen LogP contribution < -0.4 is 5.32 Å². The summed E-state index contributed by atoms with van der Waals surface area (Å²) < 4.78 is 0.986. The van der Waals surface area contributed by atoms with Crippen molar-refractivity contribution in [3.8, 4) is 0 Å². The Kier molecular flexibility index (Phi) is 5.09. The molecule has 0 spiro atoms. The van der Waals surface area contributed by atoms with Crippen LogP contribution in [0.2, 0.25) is 0 Å². The van der Waals surface area contributed by atoms with E-state index in [1.54, 1.807) is 0 Å². The second kappa shape index (κ2) is 6.41. The second-order valence-corrected chi connectivity index (χ2v) is 7.05. The molecule has 2 rings (SSSR count). The van der Waals surface area contributed by atoms with Gasteiger partial charge in [-0.25, -0.2) is 9.97 Å². The molecule has 1 aromatic rings. The molecule has 1 aliphatic heterocycles. The van der Waals surface area contributed by atoms with Crippen molar-refractivity contribution in [3.63, 3.8) is 0 Å². The van der Waals surface area contributed by atoms with Crippen molar-refractivity contribution in [2.75, 3.05) is 37.5 Å². The van der Waals surface area contributed by atoms with E-state index in [0.29, 0.717) is 12.0 Å². The average molecular weight is 345 g/mol. The summed E-state index contributed by atoms with van der Waals surface area (Å²) in [6.45, 7) is 5.42. The summed E-state index contributed by atoms with van der Waals surface area (Å²) in [6, 6.07) is 0.316. The van der Waals surface area contributed by atoms with Gasteiger partial charge in [-0.1, -0.05) is 13.8 Å². The summed E-state index contributed by atoms with van der Waals surface area (Å²) in [4.78, 5) is 11.8. The Morgan fingerprint density at radius 1 is 1.42 bits per heavy atom. The van der Waals surface area contributed by atoms with E-state index in [4.69, 9.17) is 4.98 Å². The van der Waals surface area contributed by atoms with Gasteiger partial charge in [-0.15, -0.1) is 0 Å². The molecule has 1 unspecified atom stereocenters. The van der Waals surface area contributed by atoms with Gasteiger partial charge in [0.2, 0.25) is 0 Å². The zero-order chi connectivity index (χ0) is 14.0. The topological polar surface area (TPSA) is 41.1 Å². The van der Waals surface area contributed by atoms with Crippen LogP contribution in [-0.4, -0.2) is 47.0 Å². The maximum atomic E-state index is 4.80. The van der Waals surface area contributed by atoms with Gasteiger partial charge in [-0.2, -0.15) is 11.8 Å². The first-order valence-electron chi connectivity index (χ1n) is 6.57.